The van der Waals surface area contributed by atoms with Crippen molar-refractivity contribution in [3.8, 4) is 11.4 Å². The monoisotopic (exact) mass is 483 g/mol. The van der Waals surface area contributed by atoms with Crippen molar-refractivity contribution < 1.29 is 4.79 Å². The number of nitrogens with one attached hydrogen (secondary N) is 1. The fraction of sp³-hybridized carbons (Fsp3) is 0.148. The third-order valence-electron chi connectivity index (χ3n) is 5.92. The summed E-state index contributed by atoms with van der Waals surface area (Å²) in [5, 5.41) is 3.66. The Morgan fingerprint density at radius 1 is 0.914 bits per heavy atom. The molecule has 1 N–H and O–H groups in total. The molecule has 0 aliphatic carbocycles. The molecule has 5 aromatic rings. The summed E-state index contributed by atoms with van der Waals surface area (Å²) in [6.45, 7) is 1.83. The van der Waals surface area contributed by atoms with Gasteiger partial charge in [-0.25, -0.2) is 9.67 Å². The van der Waals surface area contributed by atoms with Crippen LogP contribution in [0.25, 0.3) is 22.4 Å². The van der Waals surface area contributed by atoms with Crippen molar-refractivity contribution in [1.29, 1.82) is 0 Å². The maximum atomic E-state index is 13.1. The van der Waals surface area contributed by atoms with E-state index in [0.717, 1.165) is 27.6 Å². The highest BCUT2D eigenvalue weighted by molar-refractivity contribution is 7.99. The minimum atomic E-state index is -0.247. The molecule has 0 radical (unpaired) electrons. The van der Waals surface area contributed by atoms with E-state index in [1.807, 2.05) is 98.9 Å². The van der Waals surface area contributed by atoms with Gasteiger partial charge in [-0.15, -0.1) is 0 Å². The number of carbonyl (C=O) groups excluding carboxylic acids is 1. The zero-order chi connectivity index (χ0) is 24.4. The Balaban J connectivity index is 1.32. The molecule has 8 heteroatoms. The van der Waals surface area contributed by atoms with E-state index in [0.29, 0.717) is 17.1 Å². The molecule has 0 aliphatic heterocycles. The van der Waals surface area contributed by atoms with E-state index in [4.69, 9.17) is 4.98 Å². The van der Waals surface area contributed by atoms with Crippen molar-refractivity contribution >= 4 is 34.4 Å². The first-order valence-electron chi connectivity index (χ1n) is 11.3. The number of aromatic nitrogens is 4. The van der Waals surface area contributed by atoms with Gasteiger partial charge in [-0.1, -0.05) is 60.3 Å². The first-order valence-corrected chi connectivity index (χ1v) is 12.3. The Bertz CT molecular complexity index is 1550. The van der Waals surface area contributed by atoms with Crippen molar-refractivity contribution in [3.05, 3.63) is 101 Å². The number of amides is 1. The van der Waals surface area contributed by atoms with Gasteiger partial charge in [0.1, 0.15) is 5.69 Å². The van der Waals surface area contributed by atoms with E-state index in [1.54, 1.807) is 9.36 Å². The van der Waals surface area contributed by atoms with Crippen LogP contribution < -0.4 is 10.9 Å². The number of benzene rings is 3. The molecule has 0 saturated carbocycles. The predicted molar refractivity (Wildman–Crippen MR) is 141 cm³/mol. The van der Waals surface area contributed by atoms with Gasteiger partial charge in [0.05, 0.1) is 22.4 Å². The molecular weight excluding hydrogens is 458 g/mol. The minimum absolute atomic E-state index is 0.203. The zero-order valence-electron chi connectivity index (χ0n) is 19.5. The third-order valence-corrected chi connectivity index (χ3v) is 6.86. The van der Waals surface area contributed by atoms with Crippen LogP contribution in [0.4, 0.5) is 5.69 Å². The van der Waals surface area contributed by atoms with Crippen LogP contribution in [-0.4, -0.2) is 30.6 Å². The highest BCUT2D eigenvalue weighted by Gasteiger charge is 2.18. The van der Waals surface area contributed by atoms with E-state index in [-0.39, 0.29) is 17.9 Å². The molecule has 2 aromatic heterocycles. The summed E-state index contributed by atoms with van der Waals surface area (Å²) < 4.78 is 5.42. The summed E-state index contributed by atoms with van der Waals surface area (Å²) >= 11 is 1.52. The predicted octanol–water partition coefficient (Wildman–Crippen LogP) is 4.94. The summed E-state index contributed by atoms with van der Waals surface area (Å²) in [5.41, 5.74) is 4.46. The number of rotatable bonds is 7. The maximum Gasteiger partial charge on any atom is 0.295 e. The van der Waals surface area contributed by atoms with Crippen LogP contribution in [0.3, 0.4) is 0 Å². The van der Waals surface area contributed by atoms with Gasteiger partial charge in [0.25, 0.3) is 5.56 Å². The van der Waals surface area contributed by atoms with E-state index < -0.39 is 0 Å². The second-order valence-corrected chi connectivity index (χ2v) is 9.20. The van der Waals surface area contributed by atoms with Gasteiger partial charge < -0.3 is 5.32 Å². The normalized spacial score (nSPS) is 11.1. The van der Waals surface area contributed by atoms with E-state index >= 15 is 0 Å². The smallest absolute Gasteiger partial charge is 0.295 e. The van der Waals surface area contributed by atoms with E-state index in [1.165, 1.54) is 11.8 Å². The topological polar surface area (TPSA) is 73.8 Å². The number of fused-ring (bicyclic) bond motifs is 1. The van der Waals surface area contributed by atoms with Crippen molar-refractivity contribution in [2.24, 2.45) is 7.05 Å². The molecule has 0 aliphatic rings. The zero-order valence-corrected chi connectivity index (χ0v) is 20.3. The molecule has 0 atom stereocenters. The van der Waals surface area contributed by atoms with Crippen molar-refractivity contribution in [2.45, 2.75) is 18.5 Å². The van der Waals surface area contributed by atoms with Crippen LogP contribution in [-0.2, 0) is 11.8 Å². The molecule has 0 fully saturated rings. The standard InChI is InChI=1S/C27H25N5O2S/c1-19-25(26(34)32(30(19)2)21-13-7-4-8-14-21)29-24(33)17-18-35-27-28-22-15-9-10-16-23(22)31(27)20-11-5-3-6-12-20/h3-16H,17-18H2,1-2H3,(H,29,33). The molecule has 3 aromatic carbocycles. The number of imidazole rings is 1. The Kier molecular flexibility index (Phi) is 6.29. The first-order chi connectivity index (χ1) is 17.0. The Hall–Kier alpha value is -4.04. The molecule has 1 amide bonds. The summed E-state index contributed by atoms with van der Waals surface area (Å²) in [6, 6.07) is 27.4. The van der Waals surface area contributed by atoms with Gasteiger partial charge in [-0.05, 0) is 43.3 Å². The number of para-hydroxylation sites is 4. The fourth-order valence-electron chi connectivity index (χ4n) is 4.08. The van der Waals surface area contributed by atoms with Crippen LogP contribution >= 0.6 is 11.8 Å². The second kappa shape index (κ2) is 9.68. The molecular formula is C27H25N5O2S. The fourth-order valence-corrected chi connectivity index (χ4v) is 5.04. The van der Waals surface area contributed by atoms with Gasteiger partial charge in [0, 0.05) is 24.9 Å². The molecule has 176 valence electrons. The molecule has 35 heavy (non-hydrogen) atoms. The number of nitrogens with zero attached hydrogens (tertiary/aromatic N) is 4. The summed E-state index contributed by atoms with van der Waals surface area (Å²) in [7, 11) is 1.81. The summed E-state index contributed by atoms with van der Waals surface area (Å²) in [6.07, 6.45) is 0.252. The lowest BCUT2D eigenvalue weighted by atomic mass is 10.3. The van der Waals surface area contributed by atoms with Crippen molar-refractivity contribution in [1.82, 2.24) is 18.9 Å². The van der Waals surface area contributed by atoms with Gasteiger partial charge in [0.2, 0.25) is 5.91 Å². The molecule has 0 unspecified atom stereocenters. The second-order valence-electron chi connectivity index (χ2n) is 8.14. The van der Waals surface area contributed by atoms with Gasteiger partial charge in [-0.3, -0.25) is 18.8 Å². The minimum Gasteiger partial charge on any atom is -0.320 e. The van der Waals surface area contributed by atoms with Crippen LogP contribution in [0.1, 0.15) is 12.1 Å². The highest BCUT2D eigenvalue weighted by atomic mass is 32.2. The van der Waals surface area contributed by atoms with Crippen LogP contribution in [0.5, 0.6) is 0 Å². The molecule has 0 bridgehead atoms. The summed E-state index contributed by atoms with van der Waals surface area (Å²) in [4.78, 5) is 30.6. The van der Waals surface area contributed by atoms with Crippen molar-refractivity contribution in [2.75, 3.05) is 11.1 Å². The molecule has 0 saturated heterocycles. The average Bonchev–Trinajstić information content (AvgIpc) is 3.35. The van der Waals surface area contributed by atoms with Gasteiger partial charge in [0.15, 0.2) is 5.16 Å². The van der Waals surface area contributed by atoms with E-state index in [2.05, 4.69) is 9.88 Å². The number of hydrogen-bond donors (Lipinski definition) is 1. The highest BCUT2D eigenvalue weighted by Crippen LogP contribution is 2.28. The van der Waals surface area contributed by atoms with Crippen LogP contribution in [0.15, 0.2) is 94.9 Å². The van der Waals surface area contributed by atoms with Crippen LogP contribution in [0.2, 0.25) is 0 Å². The van der Waals surface area contributed by atoms with Gasteiger partial charge >= 0.3 is 0 Å². The van der Waals surface area contributed by atoms with Gasteiger partial charge in [-0.2, -0.15) is 0 Å². The van der Waals surface area contributed by atoms with E-state index in [9.17, 15) is 9.59 Å². The first kappa shape index (κ1) is 22.7. The molecule has 5 rings (SSSR count). The number of hydrogen-bond acceptors (Lipinski definition) is 4. The SMILES string of the molecule is Cc1c(NC(=O)CCSc2nc3ccccc3n2-c2ccccc2)c(=O)n(-c2ccccc2)n1C. The van der Waals surface area contributed by atoms with Crippen LogP contribution in [0, 0.1) is 6.92 Å². The van der Waals surface area contributed by atoms with Crippen molar-refractivity contribution in [3.63, 3.8) is 0 Å². The largest absolute Gasteiger partial charge is 0.320 e. The Morgan fingerprint density at radius 3 is 2.26 bits per heavy atom. The molecule has 7 nitrogen and oxygen atoms in total. The number of anilines is 1. The molecule has 0 spiro atoms. The lowest BCUT2D eigenvalue weighted by Gasteiger charge is -2.09. The lowest BCUT2D eigenvalue weighted by Crippen LogP contribution is -2.23. The lowest BCUT2D eigenvalue weighted by molar-refractivity contribution is -0.115. The quantitative estimate of drug-likeness (QED) is 0.333. The third kappa shape index (κ3) is 4.40. The summed E-state index contributed by atoms with van der Waals surface area (Å²) in [5.74, 6) is 0.326. The Labute approximate surface area is 207 Å². The maximum absolute atomic E-state index is 13.1. The number of thioether (sulfide) groups is 1. The average molecular weight is 484 g/mol. The number of carbonyl (C=O) groups is 1. The Morgan fingerprint density at radius 2 is 1.54 bits per heavy atom. The molecule has 2 heterocycles.